The number of nitro groups is 1. The lowest BCUT2D eigenvalue weighted by Crippen LogP contribution is -1.92. The van der Waals surface area contributed by atoms with E-state index in [1.807, 2.05) is 6.92 Å². The van der Waals surface area contributed by atoms with Crippen molar-refractivity contribution in [1.29, 1.82) is 0 Å². The van der Waals surface area contributed by atoms with Crippen LogP contribution in [-0.4, -0.2) is 15.1 Å². The Labute approximate surface area is 84.7 Å². The Morgan fingerprint density at radius 1 is 1.47 bits per heavy atom. The van der Waals surface area contributed by atoms with Gasteiger partial charge < -0.3 is 4.42 Å². The van der Waals surface area contributed by atoms with Gasteiger partial charge in [-0.2, -0.15) is 0 Å². The molecule has 0 spiro atoms. The number of hydrogen-bond acceptors (Lipinski definition) is 5. The van der Waals surface area contributed by atoms with Crippen molar-refractivity contribution in [2.45, 2.75) is 6.92 Å². The highest BCUT2D eigenvalue weighted by atomic mass is 16.6. The predicted molar refractivity (Wildman–Crippen MR) is 51.1 cm³/mol. The fraction of sp³-hybridized carbons (Fsp3) is 0.111. The van der Waals surface area contributed by atoms with Crippen LogP contribution in [0.1, 0.15) is 5.56 Å². The van der Waals surface area contributed by atoms with Crippen LogP contribution in [0.3, 0.4) is 0 Å². The van der Waals surface area contributed by atoms with Crippen molar-refractivity contribution in [3.05, 3.63) is 40.3 Å². The maximum atomic E-state index is 10.7. The lowest BCUT2D eigenvalue weighted by atomic mass is 10.1. The number of nitro benzene ring substituents is 1. The highest BCUT2D eigenvalue weighted by Crippen LogP contribution is 2.28. The lowest BCUT2D eigenvalue weighted by Gasteiger charge is -1.99. The first kappa shape index (κ1) is 9.32. The minimum absolute atomic E-state index is 0.0372. The van der Waals surface area contributed by atoms with Gasteiger partial charge in [-0.15, -0.1) is 10.2 Å². The normalized spacial score (nSPS) is 10.2. The highest BCUT2D eigenvalue weighted by molar-refractivity contribution is 5.67. The number of rotatable bonds is 2. The predicted octanol–water partition coefficient (Wildman–Crippen LogP) is 1.95. The first-order chi connectivity index (χ1) is 7.18. The molecule has 0 amide bonds. The van der Waals surface area contributed by atoms with Gasteiger partial charge in [0, 0.05) is 6.07 Å². The Balaban J connectivity index is 2.63. The first-order valence-corrected chi connectivity index (χ1v) is 4.20. The van der Waals surface area contributed by atoms with E-state index >= 15 is 0 Å². The van der Waals surface area contributed by atoms with Crippen LogP contribution in [-0.2, 0) is 0 Å². The van der Waals surface area contributed by atoms with Crippen LogP contribution < -0.4 is 0 Å². The second-order valence-corrected chi connectivity index (χ2v) is 3.02. The van der Waals surface area contributed by atoms with Gasteiger partial charge in [0.15, 0.2) is 0 Å². The van der Waals surface area contributed by atoms with Gasteiger partial charge in [0.05, 0.1) is 4.92 Å². The largest absolute Gasteiger partial charge is 0.423 e. The fourth-order valence-electron chi connectivity index (χ4n) is 1.27. The van der Waals surface area contributed by atoms with Crippen molar-refractivity contribution in [1.82, 2.24) is 10.2 Å². The average molecular weight is 205 g/mol. The molecule has 0 aliphatic rings. The molecule has 1 aromatic carbocycles. The molecule has 1 heterocycles. The molecule has 2 aromatic rings. The van der Waals surface area contributed by atoms with Gasteiger partial charge in [0.25, 0.3) is 11.6 Å². The van der Waals surface area contributed by atoms with E-state index in [2.05, 4.69) is 10.2 Å². The Kier molecular flexibility index (Phi) is 2.17. The summed E-state index contributed by atoms with van der Waals surface area (Å²) in [6.07, 6.45) is 1.14. The van der Waals surface area contributed by atoms with E-state index in [0.717, 1.165) is 12.0 Å². The van der Waals surface area contributed by atoms with Crippen molar-refractivity contribution in [3.63, 3.8) is 0 Å². The molecule has 0 fully saturated rings. The first-order valence-electron chi connectivity index (χ1n) is 4.20. The van der Waals surface area contributed by atoms with Crippen molar-refractivity contribution < 1.29 is 9.34 Å². The Morgan fingerprint density at radius 3 is 2.87 bits per heavy atom. The minimum Gasteiger partial charge on any atom is -0.423 e. The summed E-state index contributed by atoms with van der Waals surface area (Å²) in [5, 5.41) is 17.9. The van der Waals surface area contributed by atoms with Crippen LogP contribution in [0, 0.1) is 17.0 Å². The second-order valence-electron chi connectivity index (χ2n) is 3.02. The van der Waals surface area contributed by atoms with Crippen LogP contribution >= 0.6 is 0 Å². The minimum atomic E-state index is -0.473. The molecule has 0 radical (unpaired) electrons. The summed E-state index contributed by atoms with van der Waals surface area (Å²) in [5.74, 6) is 0.158. The molecule has 0 saturated carbocycles. The Morgan fingerprint density at radius 2 is 2.27 bits per heavy atom. The van der Waals surface area contributed by atoms with Crippen molar-refractivity contribution in [3.8, 4) is 11.5 Å². The van der Waals surface area contributed by atoms with Gasteiger partial charge in [0.2, 0.25) is 6.39 Å². The zero-order chi connectivity index (χ0) is 10.8. The molecule has 0 bridgehead atoms. The topological polar surface area (TPSA) is 82.1 Å². The maximum absolute atomic E-state index is 10.7. The zero-order valence-corrected chi connectivity index (χ0v) is 7.88. The van der Waals surface area contributed by atoms with Crippen molar-refractivity contribution in [2.75, 3.05) is 0 Å². The quantitative estimate of drug-likeness (QED) is 0.552. The molecule has 76 valence electrons. The summed E-state index contributed by atoms with van der Waals surface area (Å²) in [7, 11) is 0. The number of benzene rings is 1. The molecule has 1 aromatic heterocycles. The molecule has 0 aliphatic carbocycles. The third-order valence-electron chi connectivity index (χ3n) is 1.94. The van der Waals surface area contributed by atoms with Gasteiger partial charge in [-0.1, -0.05) is 6.07 Å². The van der Waals surface area contributed by atoms with Gasteiger partial charge in [-0.25, -0.2) is 0 Å². The molecular weight excluding hydrogens is 198 g/mol. The van der Waals surface area contributed by atoms with Gasteiger partial charge >= 0.3 is 0 Å². The molecule has 2 rings (SSSR count). The van der Waals surface area contributed by atoms with Crippen molar-refractivity contribution in [2.24, 2.45) is 0 Å². The molecule has 0 atom stereocenters. The summed E-state index contributed by atoms with van der Waals surface area (Å²) in [6, 6.07) is 4.73. The third-order valence-corrected chi connectivity index (χ3v) is 1.94. The highest BCUT2D eigenvalue weighted by Gasteiger charge is 2.18. The monoisotopic (exact) mass is 205 g/mol. The number of nitrogens with zero attached hydrogens (tertiary/aromatic N) is 3. The Hall–Kier alpha value is -2.24. The van der Waals surface area contributed by atoms with E-state index in [4.69, 9.17) is 4.42 Å². The van der Waals surface area contributed by atoms with E-state index in [-0.39, 0.29) is 11.6 Å². The maximum Gasteiger partial charge on any atom is 0.282 e. The molecule has 6 nitrogen and oxygen atoms in total. The van der Waals surface area contributed by atoms with Crippen LogP contribution in [0.2, 0.25) is 0 Å². The molecule has 0 unspecified atom stereocenters. The molecule has 0 N–H and O–H groups in total. The third kappa shape index (κ3) is 1.69. The molecule has 6 heteroatoms. The molecule has 15 heavy (non-hydrogen) atoms. The fourth-order valence-corrected chi connectivity index (χ4v) is 1.27. The van der Waals surface area contributed by atoms with Gasteiger partial charge in [0.1, 0.15) is 5.56 Å². The van der Waals surface area contributed by atoms with Crippen LogP contribution in [0.25, 0.3) is 11.5 Å². The van der Waals surface area contributed by atoms with Gasteiger partial charge in [-0.3, -0.25) is 10.1 Å². The molecular formula is C9H7N3O3. The van der Waals surface area contributed by atoms with Gasteiger partial charge in [-0.05, 0) is 18.6 Å². The molecule has 0 aliphatic heterocycles. The number of hydrogen-bond donors (Lipinski definition) is 0. The van der Waals surface area contributed by atoms with E-state index in [9.17, 15) is 10.1 Å². The SMILES string of the molecule is Cc1ccc([N+](=O)[O-])c(-c2nnco2)c1. The van der Waals surface area contributed by atoms with Crippen molar-refractivity contribution >= 4 is 5.69 Å². The standard InChI is InChI=1S/C9H7N3O3/c1-6-2-3-8(12(13)14)7(4-6)9-11-10-5-15-9/h2-5H,1H3. The van der Waals surface area contributed by atoms with E-state index < -0.39 is 4.92 Å². The lowest BCUT2D eigenvalue weighted by molar-refractivity contribution is -0.384. The smallest absolute Gasteiger partial charge is 0.282 e. The van der Waals surface area contributed by atoms with Crippen LogP contribution in [0.5, 0.6) is 0 Å². The summed E-state index contributed by atoms with van der Waals surface area (Å²) in [6.45, 7) is 1.84. The zero-order valence-electron chi connectivity index (χ0n) is 7.88. The van der Waals surface area contributed by atoms with E-state index in [1.54, 1.807) is 12.1 Å². The Bertz CT molecular complexity index is 493. The van der Waals surface area contributed by atoms with E-state index in [0.29, 0.717) is 5.56 Å². The van der Waals surface area contributed by atoms with Crippen LogP contribution in [0.15, 0.2) is 29.0 Å². The summed E-state index contributed by atoms with van der Waals surface area (Å²) < 4.78 is 4.94. The second kappa shape index (κ2) is 3.49. The summed E-state index contributed by atoms with van der Waals surface area (Å²) >= 11 is 0. The van der Waals surface area contributed by atoms with Crippen LogP contribution in [0.4, 0.5) is 5.69 Å². The molecule has 0 saturated heterocycles. The summed E-state index contributed by atoms with van der Waals surface area (Å²) in [4.78, 5) is 10.3. The number of aryl methyl sites for hydroxylation is 1. The summed E-state index contributed by atoms with van der Waals surface area (Å²) in [5.41, 5.74) is 1.20. The number of aromatic nitrogens is 2. The average Bonchev–Trinajstić information content (AvgIpc) is 2.69. The van der Waals surface area contributed by atoms with E-state index in [1.165, 1.54) is 6.07 Å².